The van der Waals surface area contributed by atoms with Gasteiger partial charge in [-0.3, -0.25) is 10.1 Å². The van der Waals surface area contributed by atoms with E-state index in [1.165, 1.54) is 24.3 Å². The van der Waals surface area contributed by atoms with Crippen LogP contribution in [0.5, 0.6) is 0 Å². The summed E-state index contributed by atoms with van der Waals surface area (Å²) in [5.74, 6) is -0.457. The molecule has 0 amide bonds. The van der Waals surface area contributed by atoms with Crippen LogP contribution in [0.4, 0.5) is 10.1 Å². The lowest BCUT2D eigenvalue weighted by Crippen LogP contribution is -2.31. The van der Waals surface area contributed by atoms with E-state index in [-0.39, 0.29) is 20.5 Å². The smallest absolute Gasteiger partial charge is 0.297 e. The maximum absolute atomic E-state index is 12.9. The highest BCUT2D eigenvalue weighted by Crippen LogP contribution is 2.34. The summed E-state index contributed by atoms with van der Waals surface area (Å²) in [4.78, 5) is 10.3. The van der Waals surface area contributed by atoms with Gasteiger partial charge in [-0.25, -0.2) is 4.39 Å². The highest BCUT2D eigenvalue weighted by atomic mass is 79.9. The molecule has 19 heavy (non-hydrogen) atoms. The summed E-state index contributed by atoms with van der Waals surface area (Å²) < 4.78 is 13.4. The Kier molecular flexibility index (Phi) is 3.81. The Labute approximate surface area is 123 Å². The van der Waals surface area contributed by atoms with E-state index in [1.807, 2.05) is 0 Å². The van der Waals surface area contributed by atoms with Crippen LogP contribution < -0.4 is 4.73 Å². The van der Waals surface area contributed by atoms with Crippen LogP contribution in [0.25, 0.3) is 11.3 Å². The summed E-state index contributed by atoms with van der Waals surface area (Å²) in [6, 6.07) is 6.20. The van der Waals surface area contributed by atoms with Gasteiger partial charge in [-0.2, -0.15) is 4.73 Å². The minimum Gasteiger partial charge on any atom is -0.617 e. The minimum atomic E-state index is -0.609. The second-order valence-electron chi connectivity index (χ2n) is 3.57. The highest BCUT2D eigenvalue weighted by Gasteiger charge is 2.27. The Morgan fingerprint density at radius 3 is 2.32 bits per heavy atom. The fraction of sp³-hybridized carbons (Fsp3) is 0. The minimum absolute atomic E-state index is 0.00160. The van der Waals surface area contributed by atoms with E-state index < -0.39 is 10.7 Å². The van der Waals surface area contributed by atoms with Crippen molar-refractivity contribution in [2.24, 2.45) is 0 Å². The molecule has 0 atom stereocenters. The van der Waals surface area contributed by atoms with Crippen molar-refractivity contribution in [3.05, 3.63) is 60.5 Å². The van der Waals surface area contributed by atoms with Crippen LogP contribution >= 0.6 is 31.9 Å². The number of benzene rings is 1. The van der Waals surface area contributed by atoms with Crippen LogP contribution in [0.15, 0.2) is 39.4 Å². The molecule has 5 nitrogen and oxygen atoms in total. The second-order valence-corrected chi connectivity index (χ2v) is 5.18. The number of aromatic nitrogens is 1. The fourth-order valence-electron chi connectivity index (χ4n) is 1.54. The number of halogens is 3. The van der Waals surface area contributed by atoms with E-state index in [4.69, 9.17) is 0 Å². The average Bonchev–Trinajstić information content (AvgIpc) is 2.36. The number of rotatable bonds is 2. The summed E-state index contributed by atoms with van der Waals surface area (Å²) in [5.41, 5.74) is 0.159. The molecule has 8 heteroatoms. The summed E-state index contributed by atoms with van der Waals surface area (Å²) >= 11 is 6.01. The first-order valence-corrected chi connectivity index (χ1v) is 6.52. The number of hydrogen-bond acceptors (Lipinski definition) is 3. The molecular weight excluding hydrogens is 387 g/mol. The third-order valence-corrected chi connectivity index (χ3v) is 3.73. The maximum Gasteiger partial charge on any atom is 0.297 e. The molecule has 0 bridgehead atoms. The Balaban J connectivity index is 2.75. The third kappa shape index (κ3) is 2.59. The Bertz CT molecular complexity index is 662. The quantitative estimate of drug-likeness (QED) is 0.258. The molecule has 0 aliphatic rings. The molecule has 0 aliphatic heterocycles. The van der Waals surface area contributed by atoms with E-state index in [1.54, 1.807) is 0 Å². The van der Waals surface area contributed by atoms with Crippen LogP contribution in [0.1, 0.15) is 0 Å². The van der Waals surface area contributed by atoms with Gasteiger partial charge in [-0.15, -0.1) is 0 Å². The Morgan fingerprint density at radius 2 is 1.79 bits per heavy atom. The van der Waals surface area contributed by atoms with E-state index in [9.17, 15) is 19.7 Å². The van der Waals surface area contributed by atoms with Gasteiger partial charge in [-0.05, 0) is 40.2 Å². The number of pyridine rings is 1. The van der Waals surface area contributed by atoms with Crippen molar-refractivity contribution >= 4 is 37.5 Å². The lowest BCUT2D eigenvalue weighted by molar-refractivity contribution is -0.606. The first-order valence-electron chi connectivity index (χ1n) is 4.93. The zero-order valence-electron chi connectivity index (χ0n) is 9.14. The van der Waals surface area contributed by atoms with E-state index in [0.717, 1.165) is 6.07 Å². The first-order chi connectivity index (χ1) is 8.91. The van der Waals surface area contributed by atoms with E-state index in [0.29, 0.717) is 10.3 Å². The van der Waals surface area contributed by atoms with Crippen LogP contribution in [-0.4, -0.2) is 4.92 Å². The molecule has 0 radical (unpaired) electrons. The van der Waals surface area contributed by atoms with Crippen molar-refractivity contribution < 1.29 is 14.0 Å². The van der Waals surface area contributed by atoms with Gasteiger partial charge in [-0.1, -0.05) is 0 Å². The first kappa shape index (κ1) is 13.9. The third-order valence-electron chi connectivity index (χ3n) is 2.40. The molecule has 98 valence electrons. The van der Waals surface area contributed by atoms with Gasteiger partial charge in [0.2, 0.25) is 5.69 Å². The van der Waals surface area contributed by atoms with Crippen molar-refractivity contribution in [1.29, 1.82) is 0 Å². The maximum atomic E-state index is 12.9. The van der Waals surface area contributed by atoms with Crippen LogP contribution in [0.3, 0.4) is 0 Å². The van der Waals surface area contributed by atoms with Crippen LogP contribution in [0, 0.1) is 21.1 Å². The van der Waals surface area contributed by atoms with Gasteiger partial charge in [0.25, 0.3) is 10.3 Å². The highest BCUT2D eigenvalue weighted by molar-refractivity contribution is 9.11. The summed E-state index contributed by atoms with van der Waals surface area (Å²) in [6.45, 7) is 0. The molecule has 2 aromatic rings. The summed E-state index contributed by atoms with van der Waals surface area (Å²) in [5, 5.41) is 22.9. The molecule has 0 aliphatic carbocycles. The molecular formula is C11H5Br2FN2O3. The number of nitro groups is 1. The number of hydrogen-bond donors (Lipinski definition) is 0. The van der Waals surface area contributed by atoms with Gasteiger partial charge < -0.3 is 5.21 Å². The molecule has 1 aromatic carbocycles. The van der Waals surface area contributed by atoms with Crippen molar-refractivity contribution in [3.63, 3.8) is 0 Å². The zero-order valence-corrected chi connectivity index (χ0v) is 12.3. The largest absolute Gasteiger partial charge is 0.617 e. The van der Waals surface area contributed by atoms with Gasteiger partial charge in [0.05, 0.1) is 11.0 Å². The molecule has 0 unspecified atom stereocenters. The molecule has 0 fully saturated rings. The van der Waals surface area contributed by atoms with Crippen molar-refractivity contribution in [2.75, 3.05) is 0 Å². The predicted molar refractivity (Wildman–Crippen MR) is 72.9 cm³/mol. The lowest BCUT2D eigenvalue weighted by atomic mass is 10.1. The summed E-state index contributed by atoms with van der Waals surface area (Å²) in [6.07, 6.45) is 0. The predicted octanol–water partition coefficient (Wildman–Crippen LogP) is 3.56. The average molecular weight is 392 g/mol. The molecule has 1 heterocycles. The van der Waals surface area contributed by atoms with E-state index in [2.05, 4.69) is 31.9 Å². The topological polar surface area (TPSA) is 70.1 Å². The monoisotopic (exact) mass is 390 g/mol. The summed E-state index contributed by atoms with van der Waals surface area (Å²) in [7, 11) is 0. The van der Waals surface area contributed by atoms with Crippen molar-refractivity contribution in [3.8, 4) is 11.3 Å². The lowest BCUT2D eigenvalue weighted by Gasteiger charge is -2.08. The SMILES string of the molecule is O=[N+]([O-])c1cc(Br)[n+]([O-])c(-c2ccc(F)cc2)c1Br. The van der Waals surface area contributed by atoms with Crippen molar-refractivity contribution in [1.82, 2.24) is 0 Å². The molecule has 0 saturated heterocycles. The molecule has 2 rings (SSSR count). The van der Waals surface area contributed by atoms with Gasteiger partial charge in [0.1, 0.15) is 5.82 Å². The molecule has 0 spiro atoms. The van der Waals surface area contributed by atoms with Gasteiger partial charge in [0.15, 0.2) is 4.47 Å². The standard InChI is InChI=1S/C11H5Br2FN2O3/c12-9-5-8(16(18)19)10(13)11(15(9)17)6-1-3-7(14)4-2-6/h1-5H. The van der Waals surface area contributed by atoms with Gasteiger partial charge >= 0.3 is 0 Å². The van der Waals surface area contributed by atoms with Crippen molar-refractivity contribution in [2.45, 2.75) is 0 Å². The Morgan fingerprint density at radius 1 is 1.21 bits per heavy atom. The molecule has 0 saturated carbocycles. The molecule has 1 aromatic heterocycles. The van der Waals surface area contributed by atoms with Gasteiger partial charge in [0, 0.05) is 21.5 Å². The zero-order chi connectivity index (χ0) is 14.2. The number of nitrogens with zero attached hydrogens (tertiary/aromatic N) is 2. The second kappa shape index (κ2) is 5.22. The Hall–Kier alpha value is -1.54. The normalized spacial score (nSPS) is 10.5. The van der Waals surface area contributed by atoms with E-state index >= 15 is 0 Å². The van der Waals surface area contributed by atoms with Crippen LogP contribution in [-0.2, 0) is 0 Å². The van der Waals surface area contributed by atoms with Crippen LogP contribution in [0.2, 0.25) is 0 Å². The fourth-order valence-corrected chi connectivity index (χ4v) is 2.58. The molecule has 0 N–H and O–H groups in total.